The maximum absolute atomic E-state index is 14.2. The molecule has 0 aromatic carbocycles. The van der Waals surface area contributed by atoms with Crippen LogP contribution in [0.15, 0.2) is 0 Å². The van der Waals surface area contributed by atoms with Crippen molar-refractivity contribution >= 4 is 23.9 Å². The maximum atomic E-state index is 14.2. The molecule has 6 rings (SSSR count). The molecule has 1 aliphatic carbocycles. The average Bonchev–Trinajstić information content (AvgIpc) is 3.89. The molecule has 0 bridgehead atoms. The summed E-state index contributed by atoms with van der Waals surface area (Å²) in [6.07, 6.45) is 6.11. The lowest BCUT2D eigenvalue weighted by molar-refractivity contribution is -0.169. The third-order valence-electron chi connectivity index (χ3n) is 13.0. The van der Waals surface area contributed by atoms with Gasteiger partial charge in [-0.15, -0.1) is 0 Å². The Morgan fingerprint density at radius 1 is 0.732 bits per heavy atom. The van der Waals surface area contributed by atoms with Crippen LogP contribution in [0.2, 0.25) is 0 Å². The van der Waals surface area contributed by atoms with Crippen molar-refractivity contribution in [3.05, 3.63) is 0 Å². The van der Waals surface area contributed by atoms with E-state index in [9.17, 15) is 19.2 Å². The van der Waals surface area contributed by atoms with Crippen molar-refractivity contribution in [2.24, 2.45) is 53.3 Å². The molecular formula is C43H68O13. The number of rotatable bonds is 26. The molecule has 6 aliphatic rings. The van der Waals surface area contributed by atoms with Crippen LogP contribution in [-0.2, 0) is 61.8 Å². The average molecular weight is 793 g/mol. The molecule has 9 unspecified atom stereocenters. The SMILES string of the molecule is C[C@H](CCOC(=O)C1CC(C(CC(=O)OCC[C@H](C)CC2CO2)C(=O)O[C@@H](C)C[C@@H](C)CC2CO2)C2OC2(C)C1C(=O)OCCC[C@@H](C)C1CO1)CC1COC1. The van der Waals surface area contributed by atoms with Gasteiger partial charge in [0.1, 0.15) is 11.5 Å². The molecule has 5 heterocycles. The highest BCUT2D eigenvalue weighted by Gasteiger charge is 2.71. The number of hydrogen-bond acceptors (Lipinski definition) is 13. The quantitative estimate of drug-likeness (QED) is 0.0469. The lowest BCUT2D eigenvalue weighted by Gasteiger charge is -2.37. The minimum Gasteiger partial charge on any atom is -0.466 e. The van der Waals surface area contributed by atoms with E-state index in [1.807, 2.05) is 6.92 Å². The number of ether oxygens (including phenoxy) is 9. The third kappa shape index (κ3) is 12.6. The number of epoxide rings is 4. The number of carbonyl (C=O) groups excluding carboxylic acids is 4. The van der Waals surface area contributed by atoms with Gasteiger partial charge in [0, 0.05) is 11.8 Å². The molecule has 13 nitrogen and oxygen atoms in total. The summed E-state index contributed by atoms with van der Waals surface area (Å²) in [6.45, 7) is 16.7. The number of esters is 4. The molecule has 0 aromatic rings. The van der Waals surface area contributed by atoms with Gasteiger partial charge < -0.3 is 42.6 Å². The largest absolute Gasteiger partial charge is 0.466 e. The minimum absolute atomic E-state index is 0.110. The third-order valence-corrected chi connectivity index (χ3v) is 13.0. The normalized spacial score (nSPS) is 33.3. The predicted molar refractivity (Wildman–Crippen MR) is 202 cm³/mol. The van der Waals surface area contributed by atoms with Crippen LogP contribution in [0.25, 0.3) is 0 Å². The summed E-state index contributed by atoms with van der Waals surface area (Å²) in [5.41, 5.74) is -1.08. The van der Waals surface area contributed by atoms with E-state index in [1.165, 1.54) is 0 Å². The van der Waals surface area contributed by atoms with Crippen molar-refractivity contribution in [3.8, 4) is 0 Å². The highest BCUT2D eigenvalue weighted by atomic mass is 16.6. The molecule has 14 atom stereocenters. The zero-order valence-electron chi connectivity index (χ0n) is 34.6. The van der Waals surface area contributed by atoms with Crippen LogP contribution in [0.4, 0.5) is 0 Å². The molecule has 5 aliphatic heterocycles. The van der Waals surface area contributed by atoms with E-state index in [0.717, 1.165) is 58.7 Å². The summed E-state index contributed by atoms with van der Waals surface area (Å²) in [5.74, 6) is -3.58. The van der Waals surface area contributed by atoms with E-state index in [-0.39, 0.29) is 50.8 Å². The van der Waals surface area contributed by atoms with E-state index in [0.29, 0.717) is 55.5 Å². The molecule has 0 aromatic heterocycles. The lowest BCUT2D eigenvalue weighted by Crippen LogP contribution is -2.50. The van der Waals surface area contributed by atoms with Gasteiger partial charge in [-0.25, -0.2) is 0 Å². The number of carbonyl (C=O) groups is 4. The Labute approximate surface area is 333 Å². The molecule has 6 fully saturated rings. The molecule has 0 radical (unpaired) electrons. The molecule has 0 N–H and O–H groups in total. The van der Waals surface area contributed by atoms with E-state index >= 15 is 0 Å². The van der Waals surface area contributed by atoms with Gasteiger partial charge in [-0.1, -0.05) is 27.7 Å². The van der Waals surface area contributed by atoms with Crippen molar-refractivity contribution < 1.29 is 61.8 Å². The molecule has 5 saturated heterocycles. The highest BCUT2D eigenvalue weighted by molar-refractivity contribution is 5.85. The zero-order chi connectivity index (χ0) is 40.0. The summed E-state index contributed by atoms with van der Waals surface area (Å²) in [5, 5.41) is 0. The summed E-state index contributed by atoms with van der Waals surface area (Å²) in [6, 6.07) is 0. The van der Waals surface area contributed by atoms with Crippen molar-refractivity contribution in [2.45, 2.75) is 142 Å². The van der Waals surface area contributed by atoms with Gasteiger partial charge in [0.15, 0.2) is 0 Å². The molecule has 13 heteroatoms. The second-order valence-corrected chi connectivity index (χ2v) is 18.5. The minimum atomic E-state index is -1.08. The van der Waals surface area contributed by atoms with Crippen LogP contribution < -0.4 is 0 Å². The fraction of sp³-hybridized carbons (Fsp3) is 0.907. The molecule has 1 saturated carbocycles. The molecule has 0 spiro atoms. The molecule has 0 amide bonds. The second kappa shape index (κ2) is 19.6. The van der Waals surface area contributed by atoms with E-state index in [4.69, 9.17) is 42.6 Å². The molecular weight excluding hydrogens is 724 g/mol. The highest BCUT2D eigenvalue weighted by Crippen LogP contribution is 2.59. The first kappa shape index (κ1) is 43.3. The van der Waals surface area contributed by atoms with Gasteiger partial charge >= 0.3 is 23.9 Å². The Bertz CT molecular complexity index is 1320. The fourth-order valence-corrected chi connectivity index (χ4v) is 9.22. The number of fused-ring (bicyclic) bond motifs is 1. The van der Waals surface area contributed by atoms with Crippen molar-refractivity contribution in [1.82, 2.24) is 0 Å². The Balaban J connectivity index is 1.13. The van der Waals surface area contributed by atoms with E-state index in [2.05, 4.69) is 27.7 Å². The molecule has 56 heavy (non-hydrogen) atoms. The first-order valence-electron chi connectivity index (χ1n) is 21.6. The van der Waals surface area contributed by atoms with Crippen LogP contribution in [0.1, 0.15) is 106 Å². The van der Waals surface area contributed by atoms with Crippen LogP contribution in [0.5, 0.6) is 0 Å². The predicted octanol–water partition coefficient (Wildman–Crippen LogP) is 5.47. The van der Waals surface area contributed by atoms with Gasteiger partial charge in [0.2, 0.25) is 0 Å². The molecule has 318 valence electrons. The standard InChI is InChI=1S/C43H68O13/c1-25(15-30-20-48-21-30)10-13-51-40(45)35-18-33(39-43(6,56-39)38(35)42(47)50-11-7-8-28(4)36-24-54-36)34(19-37(44)49-12-9-26(2)16-31-22-52-31)41(46)55-29(5)14-27(3)17-32-23-53-32/h25-36,38-39H,7-24H2,1-6H3/t25-,26+,27-,28-,29+,31?,32?,33?,34?,35?,36?,38?,39?,43?/m1/s1. The van der Waals surface area contributed by atoms with Gasteiger partial charge in [-0.3, -0.25) is 19.2 Å². The fourth-order valence-electron chi connectivity index (χ4n) is 9.22. The van der Waals surface area contributed by atoms with E-state index < -0.39 is 65.4 Å². The van der Waals surface area contributed by atoms with Gasteiger partial charge in [0.25, 0.3) is 0 Å². The smallest absolute Gasteiger partial charge is 0.312 e. The topological polar surface area (TPSA) is 165 Å². The Morgan fingerprint density at radius 2 is 1.36 bits per heavy atom. The summed E-state index contributed by atoms with van der Waals surface area (Å²) in [4.78, 5) is 55.6. The Morgan fingerprint density at radius 3 is 1.98 bits per heavy atom. The number of hydrogen-bond donors (Lipinski definition) is 0. The van der Waals surface area contributed by atoms with Crippen molar-refractivity contribution in [1.29, 1.82) is 0 Å². The maximum Gasteiger partial charge on any atom is 0.312 e. The first-order chi connectivity index (χ1) is 26.8. The van der Waals surface area contributed by atoms with E-state index in [1.54, 1.807) is 6.92 Å². The van der Waals surface area contributed by atoms with Crippen molar-refractivity contribution in [3.63, 3.8) is 0 Å². The Hall–Kier alpha value is -2.32. The second-order valence-electron chi connectivity index (χ2n) is 18.5. The van der Waals surface area contributed by atoms with Crippen LogP contribution >= 0.6 is 0 Å². The Kier molecular flexibility index (Phi) is 15.2. The summed E-state index contributed by atoms with van der Waals surface area (Å²) >= 11 is 0. The van der Waals surface area contributed by atoms with Crippen LogP contribution in [-0.4, -0.2) is 113 Å². The van der Waals surface area contributed by atoms with Gasteiger partial charge in [-0.05, 0) is 95.3 Å². The van der Waals surface area contributed by atoms with Crippen LogP contribution in [0.3, 0.4) is 0 Å². The first-order valence-corrected chi connectivity index (χ1v) is 21.6. The monoisotopic (exact) mass is 792 g/mol. The lowest BCUT2D eigenvalue weighted by atomic mass is 9.64. The van der Waals surface area contributed by atoms with Crippen molar-refractivity contribution in [2.75, 3.05) is 52.9 Å². The zero-order valence-corrected chi connectivity index (χ0v) is 34.6. The van der Waals surface area contributed by atoms with Gasteiger partial charge in [0.05, 0.1) is 102 Å². The van der Waals surface area contributed by atoms with Crippen LogP contribution in [0, 0.1) is 53.3 Å². The summed E-state index contributed by atoms with van der Waals surface area (Å²) in [7, 11) is 0. The summed E-state index contributed by atoms with van der Waals surface area (Å²) < 4.78 is 51.3. The van der Waals surface area contributed by atoms with Gasteiger partial charge in [-0.2, -0.15) is 0 Å².